The predicted octanol–water partition coefficient (Wildman–Crippen LogP) is 2.87. The molecule has 1 aliphatic heterocycles. The SMILES string of the molecule is Cc1nc2c(cnn2C(C)C)cc1C(=O)N(C)CC(=O)Nc1ccc(N2CCOCC2)cc1. The van der Waals surface area contributed by atoms with E-state index in [1.54, 1.807) is 26.2 Å². The Bertz CT molecular complexity index is 1150. The fourth-order valence-electron chi connectivity index (χ4n) is 3.93. The maximum Gasteiger partial charge on any atom is 0.255 e. The number of carbonyl (C=O) groups is 2. The largest absolute Gasteiger partial charge is 0.378 e. The molecule has 1 aromatic carbocycles. The lowest BCUT2D eigenvalue weighted by Crippen LogP contribution is -2.36. The number of nitrogens with zero attached hydrogens (tertiary/aromatic N) is 5. The summed E-state index contributed by atoms with van der Waals surface area (Å²) in [6.45, 7) is 8.97. The van der Waals surface area contributed by atoms with Gasteiger partial charge in [0, 0.05) is 42.9 Å². The molecule has 1 N–H and O–H groups in total. The van der Waals surface area contributed by atoms with E-state index in [1.807, 2.05) is 42.8 Å². The zero-order valence-corrected chi connectivity index (χ0v) is 19.5. The Kier molecular flexibility index (Phi) is 6.60. The number of benzene rings is 1. The van der Waals surface area contributed by atoms with Gasteiger partial charge in [0.25, 0.3) is 5.91 Å². The summed E-state index contributed by atoms with van der Waals surface area (Å²) < 4.78 is 7.22. The summed E-state index contributed by atoms with van der Waals surface area (Å²) in [5, 5.41) is 8.03. The number of pyridine rings is 1. The van der Waals surface area contributed by atoms with Crippen molar-refractivity contribution < 1.29 is 14.3 Å². The quantitative estimate of drug-likeness (QED) is 0.621. The second-order valence-corrected chi connectivity index (χ2v) is 8.57. The number of carbonyl (C=O) groups excluding carboxylic acids is 2. The highest BCUT2D eigenvalue weighted by molar-refractivity contribution is 6.01. The number of rotatable bonds is 6. The topological polar surface area (TPSA) is 92.6 Å². The van der Waals surface area contributed by atoms with Gasteiger partial charge in [-0.2, -0.15) is 5.10 Å². The number of aromatic nitrogens is 3. The minimum atomic E-state index is -0.260. The first-order chi connectivity index (χ1) is 15.8. The third-order valence-electron chi connectivity index (χ3n) is 5.73. The molecule has 0 saturated carbocycles. The van der Waals surface area contributed by atoms with E-state index in [2.05, 4.69) is 20.3 Å². The van der Waals surface area contributed by atoms with Gasteiger partial charge in [-0.3, -0.25) is 9.59 Å². The van der Waals surface area contributed by atoms with Crippen molar-refractivity contribution in [2.75, 3.05) is 50.1 Å². The van der Waals surface area contributed by atoms with Crippen LogP contribution in [0.4, 0.5) is 11.4 Å². The highest BCUT2D eigenvalue weighted by atomic mass is 16.5. The van der Waals surface area contributed by atoms with Gasteiger partial charge < -0.3 is 19.9 Å². The van der Waals surface area contributed by atoms with Crippen LogP contribution in [0.2, 0.25) is 0 Å². The number of hydrogen-bond donors (Lipinski definition) is 1. The smallest absolute Gasteiger partial charge is 0.255 e. The Labute approximate surface area is 193 Å². The van der Waals surface area contributed by atoms with Crippen LogP contribution in [0.25, 0.3) is 11.0 Å². The molecule has 0 unspecified atom stereocenters. The Balaban J connectivity index is 1.39. The number of likely N-dealkylation sites (N-methyl/N-ethyl adjacent to an activating group) is 1. The third kappa shape index (κ3) is 4.98. The van der Waals surface area contributed by atoms with Gasteiger partial charge in [0.2, 0.25) is 5.91 Å². The first-order valence-electron chi connectivity index (χ1n) is 11.2. The van der Waals surface area contributed by atoms with Crippen molar-refractivity contribution in [3.8, 4) is 0 Å². The molecule has 33 heavy (non-hydrogen) atoms. The highest BCUT2D eigenvalue weighted by Gasteiger charge is 2.20. The van der Waals surface area contributed by atoms with Crippen LogP contribution < -0.4 is 10.2 Å². The van der Waals surface area contributed by atoms with Gasteiger partial charge in [-0.15, -0.1) is 0 Å². The number of ether oxygens (including phenoxy) is 1. The minimum absolute atomic E-state index is 0.0627. The van der Waals surface area contributed by atoms with Gasteiger partial charge >= 0.3 is 0 Å². The molecule has 174 valence electrons. The van der Waals surface area contributed by atoms with Gasteiger partial charge in [0.15, 0.2) is 5.65 Å². The molecular formula is C24H30N6O3. The average Bonchev–Trinajstić information content (AvgIpc) is 3.22. The molecule has 3 aromatic rings. The van der Waals surface area contributed by atoms with Crippen LogP contribution in [0.5, 0.6) is 0 Å². The van der Waals surface area contributed by atoms with E-state index >= 15 is 0 Å². The first kappa shape index (κ1) is 22.7. The lowest BCUT2D eigenvalue weighted by atomic mass is 10.1. The number of hydrogen-bond acceptors (Lipinski definition) is 6. The fraction of sp³-hybridized carbons (Fsp3) is 0.417. The molecule has 2 aromatic heterocycles. The zero-order chi connectivity index (χ0) is 23.5. The van der Waals surface area contributed by atoms with Crippen molar-refractivity contribution in [3.63, 3.8) is 0 Å². The molecule has 0 bridgehead atoms. The van der Waals surface area contributed by atoms with Crippen LogP contribution >= 0.6 is 0 Å². The minimum Gasteiger partial charge on any atom is -0.378 e. The number of aryl methyl sites for hydroxylation is 1. The van der Waals surface area contributed by atoms with Crippen LogP contribution in [0.3, 0.4) is 0 Å². The van der Waals surface area contributed by atoms with Crippen molar-refractivity contribution in [1.82, 2.24) is 19.7 Å². The molecule has 0 radical (unpaired) electrons. The van der Waals surface area contributed by atoms with Gasteiger partial charge in [-0.05, 0) is 51.1 Å². The molecule has 0 spiro atoms. The third-order valence-corrected chi connectivity index (χ3v) is 5.73. The second kappa shape index (κ2) is 9.58. The Morgan fingerprint density at radius 1 is 1.18 bits per heavy atom. The van der Waals surface area contributed by atoms with Crippen LogP contribution in [-0.4, -0.2) is 71.4 Å². The molecule has 9 nitrogen and oxygen atoms in total. The summed E-state index contributed by atoms with van der Waals surface area (Å²) in [6.07, 6.45) is 1.71. The molecular weight excluding hydrogens is 420 g/mol. The molecule has 3 heterocycles. The molecule has 1 fully saturated rings. The summed E-state index contributed by atoms with van der Waals surface area (Å²) in [6, 6.07) is 9.68. The van der Waals surface area contributed by atoms with Crippen LogP contribution in [0.1, 0.15) is 35.9 Å². The molecule has 9 heteroatoms. The van der Waals surface area contributed by atoms with E-state index in [0.717, 1.165) is 43.0 Å². The lowest BCUT2D eigenvalue weighted by Gasteiger charge is -2.28. The van der Waals surface area contributed by atoms with E-state index in [1.165, 1.54) is 4.90 Å². The van der Waals surface area contributed by atoms with Gasteiger partial charge in [-0.25, -0.2) is 9.67 Å². The standard InChI is InChI=1S/C24H30N6O3/c1-16(2)30-23-18(14-25-30)13-21(17(3)26-23)24(32)28(4)15-22(31)27-19-5-7-20(8-6-19)29-9-11-33-12-10-29/h5-8,13-14,16H,9-12,15H2,1-4H3,(H,27,31). The van der Waals surface area contributed by atoms with Gasteiger partial charge in [0.1, 0.15) is 0 Å². The monoisotopic (exact) mass is 450 g/mol. The summed E-state index contributed by atoms with van der Waals surface area (Å²) in [5.74, 6) is -0.513. The summed E-state index contributed by atoms with van der Waals surface area (Å²) in [4.78, 5) is 33.8. The fourth-order valence-corrected chi connectivity index (χ4v) is 3.93. The van der Waals surface area contributed by atoms with Gasteiger partial charge in [0.05, 0.1) is 37.2 Å². The van der Waals surface area contributed by atoms with Crippen molar-refractivity contribution in [2.45, 2.75) is 26.8 Å². The van der Waals surface area contributed by atoms with E-state index < -0.39 is 0 Å². The second-order valence-electron chi connectivity index (χ2n) is 8.57. The molecule has 4 rings (SSSR count). The summed E-state index contributed by atoms with van der Waals surface area (Å²) >= 11 is 0. The number of anilines is 2. The molecule has 2 amide bonds. The molecule has 1 saturated heterocycles. The molecule has 0 aliphatic carbocycles. The Hall–Kier alpha value is -3.46. The van der Waals surface area contributed by atoms with Crippen molar-refractivity contribution >= 4 is 34.2 Å². The van der Waals surface area contributed by atoms with Crippen LogP contribution in [-0.2, 0) is 9.53 Å². The maximum atomic E-state index is 13.0. The normalized spacial score (nSPS) is 14.0. The van der Waals surface area contributed by atoms with Crippen molar-refractivity contribution in [1.29, 1.82) is 0 Å². The lowest BCUT2D eigenvalue weighted by molar-refractivity contribution is -0.116. The number of fused-ring (bicyclic) bond motifs is 1. The molecule has 1 aliphatic rings. The Morgan fingerprint density at radius 3 is 2.55 bits per heavy atom. The zero-order valence-electron chi connectivity index (χ0n) is 19.5. The molecule has 0 atom stereocenters. The average molecular weight is 451 g/mol. The number of amides is 2. The number of nitrogens with one attached hydrogen (secondary N) is 1. The van der Waals surface area contributed by atoms with Crippen LogP contribution in [0.15, 0.2) is 36.5 Å². The predicted molar refractivity (Wildman–Crippen MR) is 128 cm³/mol. The van der Waals surface area contributed by atoms with Crippen molar-refractivity contribution in [2.24, 2.45) is 0 Å². The first-order valence-corrected chi connectivity index (χ1v) is 11.2. The van der Waals surface area contributed by atoms with E-state index in [4.69, 9.17) is 4.74 Å². The highest BCUT2D eigenvalue weighted by Crippen LogP contribution is 2.21. The van der Waals surface area contributed by atoms with E-state index in [-0.39, 0.29) is 24.4 Å². The Morgan fingerprint density at radius 2 is 1.88 bits per heavy atom. The van der Waals surface area contributed by atoms with E-state index in [9.17, 15) is 9.59 Å². The summed E-state index contributed by atoms with van der Waals surface area (Å²) in [7, 11) is 1.62. The van der Waals surface area contributed by atoms with Gasteiger partial charge in [-0.1, -0.05) is 0 Å². The maximum absolute atomic E-state index is 13.0. The van der Waals surface area contributed by atoms with Crippen LogP contribution in [0, 0.1) is 6.92 Å². The van der Waals surface area contributed by atoms with Crippen molar-refractivity contribution in [3.05, 3.63) is 47.8 Å². The number of morpholine rings is 1. The summed E-state index contributed by atoms with van der Waals surface area (Å²) in [5.41, 5.74) is 3.62. The van der Waals surface area contributed by atoms with E-state index in [0.29, 0.717) is 16.9 Å².